The number of ether oxygens (including phenoxy) is 2. The van der Waals surface area contributed by atoms with Gasteiger partial charge in [-0.15, -0.1) is 11.3 Å². The van der Waals surface area contributed by atoms with E-state index in [0.29, 0.717) is 36.5 Å². The minimum absolute atomic E-state index is 0.00955. The molecule has 3 aromatic heterocycles. The third kappa shape index (κ3) is 5.09. The summed E-state index contributed by atoms with van der Waals surface area (Å²) in [5, 5.41) is 4.75. The van der Waals surface area contributed by atoms with Crippen LogP contribution in [0.3, 0.4) is 0 Å². The number of rotatable bonds is 10. The molecule has 4 aromatic rings. The third-order valence-electron chi connectivity index (χ3n) is 5.77. The molecule has 1 aromatic carbocycles. The Morgan fingerprint density at radius 1 is 1.26 bits per heavy atom. The largest absolute Gasteiger partial charge is 0.494 e. The number of carbonyl (C=O) groups is 1. The average Bonchev–Trinajstić information content (AvgIpc) is 3.53. The number of aryl methyl sites for hydroxylation is 2. The van der Waals surface area contributed by atoms with Crippen LogP contribution >= 0.6 is 34.4 Å². The minimum atomic E-state index is -0.189. The highest BCUT2D eigenvalue weighted by atomic mass is 32.2. The number of hydrogen-bond donors (Lipinski definition) is 1. The second-order valence-corrected chi connectivity index (χ2v) is 11.2. The van der Waals surface area contributed by atoms with Crippen LogP contribution in [-0.2, 0) is 28.9 Å². The van der Waals surface area contributed by atoms with E-state index < -0.39 is 0 Å². The lowest BCUT2D eigenvalue weighted by Crippen LogP contribution is -2.25. The topological polar surface area (TPSA) is 95.3 Å². The van der Waals surface area contributed by atoms with Crippen LogP contribution in [-0.4, -0.2) is 46.5 Å². The molecule has 0 bridgehead atoms. The van der Waals surface area contributed by atoms with Gasteiger partial charge in [0, 0.05) is 25.1 Å². The van der Waals surface area contributed by atoms with Crippen LogP contribution in [0.1, 0.15) is 30.2 Å². The van der Waals surface area contributed by atoms with Gasteiger partial charge in [-0.05, 0) is 56.4 Å². The van der Waals surface area contributed by atoms with Gasteiger partial charge in [0.1, 0.15) is 10.6 Å². The number of benzene rings is 1. The summed E-state index contributed by atoms with van der Waals surface area (Å²) in [6.45, 7) is 3.59. The molecule has 8 nitrogen and oxygen atoms in total. The van der Waals surface area contributed by atoms with Crippen molar-refractivity contribution in [3.05, 3.63) is 39.0 Å². The number of anilines is 1. The van der Waals surface area contributed by atoms with Crippen molar-refractivity contribution in [2.75, 3.05) is 31.4 Å². The normalized spacial score (nSPS) is 13.0. The molecule has 1 N–H and O–H groups in total. The van der Waals surface area contributed by atoms with E-state index in [1.165, 1.54) is 33.5 Å². The molecular weight excluding hydrogens is 504 g/mol. The summed E-state index contributed by atoms with van der Waals surface area (Å²) >= 11 is 4.30. The first-order chi connectivity index (χ1) is 17.1. The maximum Gasteiger partial charge on any atom is 0.263 e. The molecule has 0 atom stereocenters. The standard InChI is InChI=1S/C24H26N4O4S3/c1-3-32-14-8-9-16-18(12-14)35-23(25-16)26-19(29)13-33-24-27-21-20(15-6-4-7-17(15)34-21)22(30)28(24)10-5-11-31-2/h8-9,12H,3-7,10-11,13H2,1-2H3,(H,25,26,29). The molecule has 5 rings (SSSR count). The number of nitrogens with one attached hydrogen (secondary N) is 1. The molecule has 0 saturated heterocycles. The number of amides is 1. The maximum absolute atomic E-state index is 13.4. The van der Waals surface area contributed by atoms with Crippen molar-refractivity contribution >= 4 is 65.9 Å². The van der Waals surface area contributed by atoms with Gasteiger partial charge in [-0.1, -0.05) is 23.1 Å². The Hall–Kier alpha value is -2.47. The van der Waals surface area contributed by atoms with Crippen molar-refractivity contribution in [1.82, 2.24) is 14.5 Å². The van der Waals surface area contributed by atoms with Gasteiger partial charge in [0.25, 0.3) is 5.56 Å². The van der Waals surface area contributed by atoms with Crippen molar-refractivity contribution in [2.24, 2.45) is 0 Å². The number of carbonyl (C=O) groups excluding carboxylic acids is 1. The quantitative estimate of drug-likeness (QED) is 0.180. The van der Waals surface area contributed by atoms with Gasteiger partial charge >= 0.3 is 0 Å². The molecule has 1 aliphatic carbocycles. The van der Waals surface area contributed by atoms with Gasteiger partial charge in [-0.2, -0.15) is 0 Å². The Labute approximate surface area is 214 Å². The molecule has 1 amide bonds. The fourth-order valence-electron chi connectivity index (χ4n) is 4.23. The molecule has 184 valence electrons. The second-order valence-electron chi connectivity index (χ2n) is 8.15. The van der Waals surface area contributed by atoms with E-state index in [0.717, 1.165) is 45.4 Å². The molecule has 0 spiro atoms. The predicted octanol–water partition coefficient (Wildman–Crippen LogP) is 4.72. The summed E-state index contributed by atoms with van der Waals surface area (Å²) in [5.74, 6) is 0.725. The molecule has 0 radical (unpaired) electrons. The van der Waals surface area contributed by atoms with Gasteiger partial charge in [0.2, 0.25) is 5.91 Å². The lowest BCUT2D eigenvalue weighted by atomic mass is 10.2. The summed E-state index contributed by atoms with van der Waals surface area (Å²) in [6, 6.07) is 5.69. The Morgan fingerprint density at radius 3 is 2.97 bits per heavy atom. The van der Waals surface area contributed by atoms with E-state index in [9.17, 15) is 9.59 Å². The van der Waals surface area contributed by atoms with E-state index in [1.807, 2.05) is 25.1 Å². The van der Waals surface area contributed by atoms with Crippen LogP contribution < -0.4 is 15.6 Å². The number of thioether (sulfide) groups is 1. The number of fused-ring (bicyclic) bond motifs is 4. The second kappa shape index (κ2) is 10.7. The zero-order valence-electron chi connectivity index (χ0n) is 19.6. The molecular formula is C24H26N4O4S3. The summed E-state index contributed by atoms with van der Waals surface area (Å²) in [5.41, 5.74) is 1.97. The molecule has 0 fully saturated rings. The monoisotopic (exact) mass is 530 g/mol. The van der Waals surface area contributed by atoms with Gasteiger partial charge in [0.15, 0.2) is 10.3 Å². The predicted molar refractivity (Wildman–Crippen MR) is 143 cm³/mol. The molecule has 1 aliphatic rings. The highest BCUT2D eigenvalue weighted by Gasteiger charge is 2.23. The van der Waals surface area contributed by atoms with E-state index in [4.69, 9.17) is 14.5 Å². The lowest BCUT2D eigenvalue weighted by molar-refractivity contribution is -0.113. The van der Waals surface area contributed by atoms with Crippen molar-refractivity contribution in [3.8, 4) is 5.75 Å². The van der Waals surface area contributed by atoms with Crippen LogP contribution in [0.2, 0.25) is 0 Å². The average molecular weight is 531 g/mol. The number of thiophene rings is 1. The number of methoxy groups -OCH3 is 1. The highest BCUT2D eigenvalue weighted by molar-refractivity contribution is 7.99. The Kier molecular flexibility index (Phi) is 7.37. The van der Waals surface area contributed by atoms with Crippen LogP contribution in [0.4, 0.5) is 5.13 Å². The van der Waals surface area contributed by atoms with Crippen LogP contribution in [0.25, 0.3) is 20.4 Å². The molecule has 35 heavy (non-hydrogen) atoms. The Balaban J connectivity index is 1.34. The third-order valence-corrected chi connectivity index (χ3v) is 8.87. The zero-order valence-corrected chi connectivity index (χ0v) is 22.0. The SMILES string of the molecule is CCOc1ccc2nc(NC(=O)CSc3nc4sc5c(c4c(=O)n3CCCOC)CCC5)sc2c1. The van der Waals surface area contributed by atoms with E-state index in [1.54, 1.807) is 23.0 Å². The minimum Gasteiger partial charge on any atom is -0.494 e. The van der Waals surface area contributed by atoms with E-state index >= 15 is 0 Å². The van der Waals surface area contributed by atoms with Gasteiger partial charge in [-0.25, -0.2) is 9.97 Å². The van der Waals surface area contributed by atoms with Gasteiger partial charge in [-0.3, -0.25) is 14.2 Å². The zero-order chi connectivity index (χ0) is 24.4. The van der Waals surface area contributed by atoms with E-state index in [-0.39, 0.29) is 17.2 Å². The first-order valence-corrected chi connectivity index (χ1v) is 14.2. The molecule has 0 saturated carbocycles. The highest BCUT2D eigenvalue weighted by Crippen LogP contribution is 2.36. The van der Waals surface area contributed by atoms with Gasteiger partial charge in [0.05, 0.1) is 28.0 Å². The van der Waals surface area contributed by atoms with Crippen molar-refractivity contribution < 1.29 is 14.3 Å². The number of thiazole rings is 1. The van der Waals surface area contributed by atoms with Crippen molar-refractivity contribution in [3.63, 3.8) is 0 Å². The van der Waals surface area contributed by atoms with Gasteiger partial charge < -0.3 is 14.8 Å². The first-order valence-electron chi connectivity index (χ1n) is 11.6. The number of nitrogens with zero attached hydrogens (tertiary/aromatic N) is 3. The molecule has 0 unspecified atom stereocenters. The summed E-state index contributed by atoms with van der Waals surface area (Å²) in [4.78, 5) is 37.5. The fraction of sp³-hybridized carbons (Fsp3) is 0.417. The van der Waals surface area contributed by atoms with Crippen LogP contribution in [0.15, 0.2) is 28.2 Å². The smallest absolute Gasteiger partial charge is 0.263 e. The number of hydrogen-bond acceptors (Lipinski definition) is 9. The van der Waals surface area contributed by atoms with Crippen LogP contribution in [0, 0.1) is 0 Å². The first kappa shape index (κ1) is 24.2. The molecule has 0 aliphatic heterocycles. The summed E-state index contributed by atoms with van der Waals surface area (Å²) in [7, 11) is 1.65. The number of aromatic nitrogens is 3. The summed E-state index contributed by atoms with van der Waals surface area (Å²) < 4.78 is 13.4. The van der Waals surface area contributed by atoms with Crippen LogP contribution in [0.5, 0.6) is 5.75 Å². The molecule has 11 heteroatoms. The lowest BCUT2D eigenvalue weighted by Gasteiger charge is -2.12. The fourth-order valence-corrected chi connectivity index (χ4v) is 7.27. The maximum atomic E-state index is 13.4. The molecule has 3 heterocycles. The van der Waals surface area contributed by atoms with Crippen molar-refractivity contribution in [2.45, 2.75) is 44.3 Å². The van der Waals surface area contributed by atoms with E-state index in [2.05, 4.69) is 10.3 Å². The summed E-state index contributed by atoms with van der Waals surface area (Å²) in [6.07, 6.45) is 3.74. The van der Waals surface area contributed by atoms with Crippen molar-refractivity contribution in [1.29, 1.82) is 0 Å². The Bertz CT molecular complexity index is 1440. The Morgan fingerprint density at radius 2 is 2.14 bits per heavy atom.